The molecule has 3 heterocycles. The predicted molar refractivity (Wildman–Crippen MR) is 111 cm³/mol. The number of nitrogens with zero attached hydrogens (tertiary/aromatic N) is 4. The minimum Gasteiger partial charge on any atom is -0.381 e. The number of alkyl halides is 3. The lowest BCUT2D eigenvalue weighted by atomic mass is 9.82. The van der Waals surface area contributed by atoms with Gasteiger partial charge in [-0.15, -0.1) is 0 Å². The van der Waals surface area contributed by atoms with E-state index in [4.69, 9.17) is 9.47 Å². The van der Waals surface area contributed by atoms with Crippen molar-refractivity contribution in [2.75, 3.05) is 49.7 Å². The third-order valence-electron chi connectivity index (χ3n) is 6.08. The zero-order chi connectivity index (χ0) is 23.5. The molecular formula is C22H23F4N5O2. The molecule has 7 nitrogen and oxygen atoms in total. The second kappa shape index (κ2) is 9.49. The Labute approximate surface area is 188 Å². The van der Waals surface area contributed by atoms with Crippen LogP contribution in [0.5, 0.6) is 0 Å². The van der Waals surface area contributed by atoms with Gasteiger partial charge in [-0.2, -0.15) is 22.8 Å². The first-order valence-corrected chi connectivity index (χ1v) is 10.6. The molecule has 0 saturated carbocycles. The summed E-state index contributed by atoms with van der Waals surface area (Å²) in [6, 6.07) is 6.54. The molecular weight excluding hydrogens is 442 g/mol. The molecule has 2 saturated heterocycles. The summed E-state index contributed by atoms with van der Waals surface area (Å²) in [4.78, 5) is 9.78. The lowest BCUT2D eigenvalue weighted by molar-refractivity contribution is -0.137. The van der Waals surface area contributed by atoms with E-state index in [0.717, 1.165) is 12.1 Å². The second-order valence-electron chi connectivity index (χ2n) is 8.12. The fraction of sp³-hybridized carbons (Fsp3) is 0.500. The molecule has 33 heavy (non-hydrogen) atoms. The van der Waals surface area contributed by atoms with Crippen molar-refractivity contribution in [2.45, 2.75) is 25.1 Å². The molecule has 0 bridgehead atoms. The predicted octanol–water partition coefficient (Wildman–Crippen LogP) is 3.94. The highest BCUT2D eigenvalue weighted by Crippen LogP contribution is 2.35. The molecule has 0 radical (unpaired) electrons. The van der Waals surface area contributed by atoms with Gasteiger partial charge in [-0.05, 0) is 30.5 Å². The molecule has 0 aliphatic carbocycles. The fourth-order valence-electron chi connectivity index (χ4n) is 4.05. The van der Waals surface area contributed by atoms with Gasteiger partial charge >= 0.3 is 6.18 Å². The lowest BCUT2D eigenvalue weighted by Gasteiger charge is -2.37. The van der Waals surface area contributed by atoms with E-state index in [2.05, 4.69) is 21.4 Å². The molecule has 176 valence electrons. The van der Waals surface area contributed by atoms with E-state index in [1.54, 1.807) is 4.90 Å². The number of ether oxygens (including phenoxy) is 2. The topological polar surface area (TPSA) is 83.3 Å². The quantitative estimate of drug-likeness (QED) is 0.670. The van der Waals surface area contributed by atoms with Crippen molar-refractivity contribution in [3.05, 3.63) is 47.5 Å². The molecule has 11 heteroatoms. The third kappa shape index (κ3) is 5.02. The van der Waals surface area contributed by atoms with E-state index < -0.39 is 29.0 Å². The summed E-state index contributed by atoms with van der Waals surface area (Å²) in [6.07, 6.45) is -2.14. The molecule has 2 aromatic rings. The summed E-state index contributed by atoms with van der Waals surface area (Å²) in [5.41, 5.74) is -0.869. The van der Waals surface area contributed by atoms with E-state index in [1.165, 1.54) is 18.5 Å². The van der Waals surface area contributed by atoms with Crippen LogP contribution in [0.1, 0.15) is 30.0 Å². The Bertz CT molecular complexity index is 1000. The lowest BCUT2D eigenvalue weighted by Crippen LogP contribution is -2.41. The summed E-state index contributed by atoms with van der Waals surface area (Å²) in [6.45, 7) is 1.95. The van der Waals surface area contributed by atoms with Crippen LogP contribution in [0.25, 0.3) is 0 Å². The fourth-order valence-corrected chi connectivity index (χ4v) is 4.05. The number of hydrogen-bond donors (Lipinski definition) is 1. The third-order valence-corrected chi connectivity index (χ3v) is 6.08. The molecule has 1 N–H and O–H groups in total. The van der Waals surface area contributed by atoms with E-state index in [0.29, 0.717) is 44.8 Å². The highest BCUT2D eigenvalue weighted by atomic mass is 19.4. The average molecular weight is 465 g/mol. The van der Waals surface area contributed by atoms with E-state index in [9.17, 15) is 18.4 Å². The molecule has 2 aliphatic heterocycles. The maximum absolute atomic E-state index is 15.4. The standard InChI is InChI=1S/C22H23F4N5O2/c23-18-19(28-13-21(12-27)5-8-32-9-6-21)29-14-30-20(18)31-7-10-33-11-17(31)15-1-3-16(4-2-15)22(24,25)26/h1-4,14,17H,5-11,13H2,(H,28,29,30). The van der Waals surface area contributed by atoms with Crippen LogP contribution in [-0.4, -0.2) is 49.5 Å². The minimum absolute atomic E-state index is 0.0266. The Morgan fingerprint density at radius 3 is 2.52 bits per heavy atom. The smallest absolute Gasteiger partial charge is 0.381 e. The van der Waals surface area contributed by atoms with Crippen LogP contribution in [0.3, 0.4) is 0 Å². The highest BCUT2D eigenvalue weighted by molar-refractivity contribution is 5.53. The van der Waals surface area contributed by atoms with Crippen molar-refractivity contribution in [3.63, 3.8) is 0 Å². The Morgan fingerprint density at radius 2 is 1.85 bits per heavy atom. The summed E-state index contributed by atoms with van der Waals surface area (Å²) in [5, 5.41) is 12.6. The minimum atomic E-state index is -4.44. The molecule has 0 spiro atoms. The first-order chi connectivity index (χ1) is 15.8. The van der Waals surface area contributed by atoms with Gasteiger partial charge in [-0.1, -0.05) is 12.1 Å². The molecule has 0 amide bonds. The number of aromatic nitrogens is 2. The maximum Gasteiger partial charge on any atom is 0.416 e. The van der Waals surface area contributed by atoms with E-state index in [-0.39, 0.29) is 24.8 Å². The van der Waals surface area contributed by atoms with E-state index >= 15 is 4.39 Å². The van der Waals surface area contributed by atoms with Gasteiger partial charge in [0.05, 0.1) is 36.3 Å². The molecule has 2 aliphatic rings. The molecule has 1 unspecified atom stereocenters. The Balaban J connectivity index is 1.56. The van der Waals surface area contributed by atoms with Crippen LogP contribution in [0.4, 0.5) is 29.2 Å². The number of benzene rings is 1. The first kappa shape index (κ1) is 23.2. The summed E-state index contributed by atoms with van der Waals surface area (Å²) in [5.74, 6) is -0.686. The number of hydrogen-bond acceptors (Lipinski definition) is 7. The van der Waals surface area contributed by atoms with Crippen molar-refractivity contribution in [1.29, 1.82) is 5.26 Å². The number of rotatable bonds is 5. The van der Waals surface area contributed by atoms with Crippen LogP contribution in [0, 0.1) is 22.6 Å². The number of morpholine rings is 1. The van der Waals surface area contributed by atoms with Crippen LogP contribution in [-0.2, 0) is 15.7 Å². The van der Waals surface area contributed by atoms with Crippen molar-refractivity contribution in [2.24, 2.45) is 5.41 Å². The van der Waals surface area contributed by atoms with Gasteiger partial charge in [0.15, 0.2) is 11.6 Å². The first-order valence-electron chi connectivity index (χ1n) is 10.6. The molecule has 1 aromatic carbocycles. The molecule has 2 fully saturated rings. The average Bonchev–Trinajstić information content (AvgIpc) is 2.84. The van der Waals surface area contributed by atoms with E-state index in [1.807, 2.05) is 0 Å². The van der Waals surface area contributed by atoms with Gasteiger partial charge in [0, 0.05) is 26.3 Å². The van der Waals surface area contributed by atoms with Crippen LogP contribution < -0.4 is 10.2 Å². The number of halogens is 4. The van der Waals surface area contributed by atoms with Gasteiger partial charge in [-0.25, -0.2) is 9.97 Å². The zero-order valence-corrected chi connectivity index (χ0v) is 17.7. The molecule has 1 atom stereocenters. The van der Waals surface area contributed by atoms with Gasteiger partial charge in [0.1, 0.15) is 6.33 Å². The van der Waals surface area contributed by atoms with Gasteiger partial charge in [0.2, 0.25) is 5.82 Å². The second-order valence-corrected chi connectivity index (χ2v) is 8.12. The SMILES string of the molecule is N#CC1(CNc2ncnc(N3CCOCC3c3ccc(C(F)(F)F)cc3)c2F)CCOCC1. The van der Waals surface area contributed by atoms with Crippen molar-refractivity contribution in [3.8, 4) is 6.07 Å². The number of anilines is 2. The largest absolute Gasteiger partial charge is 0.416 e. The Kier molecular flexibility index (Phi) is 6.67. The molecule has 1 aromatic heterocycles. The van der Waals surface area contributed by atoms with Crippen LogP contribution in [0.2, 0.25) is 0 Å². The van der Waals surface area contributed by atoms with Gasteiger partial charge in [-0.3, -0.25) is 0 Å². The summed E-state index contributed by atoms with van der Waals surface area (Å²) in [7, 11) is 0. The zero-order valence-electron chi connectivity index (χ0n) is 17.7. The summed E-state index contributed by atoms with van der Waals surface area (Å²) < 4.78 is 65.0. The normalized spacial score (nSPS) is 20.8. The van der Waals surface area contributed by atoms with Gasteiger partial charge in [0.25, 0.3) is 0 Å². The van der Waals surface area contributed by atoms with Gasteiger partial charge < -0.3 is 19.7 Å². The Hall–Kier alpha value is -2.97. The monoisotopic (exact) mass is 465 g/mol. The van der Waals surface area contributed by atoms with Crippen LogP contribution in [0.15, 0.2) is 30.6 Å². The number of nitrogens with one attached hydrogen (secondary N) is 1. The van der Waals surface area contributed by atoms with Crippen molar-refractivity contribution < 1.29 is 27.0 Å². The van der Waals surface area contributed by atoms with Crippen molar-refractivity contribution >= 4 is 11.6 Å². The highest BCUT2D eigenvalue weighted by Gasteiger charge is 2.35. The molecule has 4 rings (SSSR count). The Morgan fingerprint density at radius 1 is 1.12 bits per heavy atom. The van der Waals surface area contributed by atoms with Crippen molar-refractivity contribution in [1.82, 2.24) is 9.97 Å². The summed E-state index contributed by atoms with van der Waals surface area (Å²) >= 11 is 0. The number of nitriles is 1. The van der Waals surface area contributed by atoms with Crippen LogP contribution >= 0.6 is 0 Å². The maximum atomic E-state index is 15.4.